The van der Waals surface area contributed by atoms with Crippen LogP contribution in [-0.2, 0) is 5.54 Å². The molecular formula is C12H17NO. The Hall–Kier alpha value is -0.860. The summed E-state index contributed by atoms with van der Waals surface area (Å²) < 4.78 is 0. The molecule has 1 aliphatic rings. The van der Waals surface area contributed by atoms with Gasteiger partial charge in [-0.2, -0.15) is 0 Å². The zero-order valence-electron chi connectivity index (χ0n) is 8.53. The van der Waals surface area contributed by atoms with Crippen molar-refractivity contribution in [1.29, 1.82) is 0 Å². The fourth-order valence-electron chi connectivity index (χ4n) is 2.14. The maximum Gasteiger partial charge on any atom is 0.0765 e. The highest BCUT2D eigenvalue weighted by atomic mass is 16.3. The maximum atomic E-state index is 9.63. The van der Waals surface area contributed by atoms with Crippen LogP contribution in [0.25, 0.3) is 0 Å². The van der Waals surface area contributed by atoms with Gasteiger partial charge >= 0.3 is 0 Å². The van der Waals surface area contributed by atoms with Crippen molar-refractivity contribution in [2.75, 3.05) is 0 Å². The first-order chi connectivity index (χ1) is 6.63. The number of hydrogen-bond acceptors (Lipinski definition) is 2. The van der Waals surface area contributed by atoms with E-state index in [4.69, 9.17) is 5.73 Å². The lowest BCUT2D eigenvalue weighted by Crippen LogP contribution is -2.44. The van der Waals surface area contributed by atoms with Gasteiger partial charge in [0.15, 0.2) is 0 Å². The average Bonchev–Trinajstić information content (AvgIpc) is 2.14. The van der Waals surface area contributed by atoms with Gasteiger partial charge in [-0.3, -0.25) is 0 Å². The molecule has 0 aromatic heterocycles. The van der Waals surface area contributed by atoms with Crippen molar-refractivity contribution >= 4 is 0 Å². The van der Waals surface area contributed by atoms with Crippen LogP contribution in [0.15, 0.2) is 24.3 Å². The summed E-state index contributed by atoms with van der Waals surface area (Å²) in [6, 6.07) is 7.95. The molecule has 1 fully saturated rings. The molecule has 1 aromatic carbocycles. The first kappa shape index (κ1) is 9.69. The molecule has 1 atom stereocenters. The van der Waals surface area contributed by atoms with Crippen molar-refractivity contribution < 1.29 is 5.11 Å². The molecule has 76 valence electrons. The van der Waals surface area contributed by atoms with E-state index in [0.29, 0.717) is 0 Å². The molecule has 1 aliphatic carbocycles. The van der Waals surface area contributed by atoms with E-state index < -0.39 is 6.10 Å². The SMILES string of the molecule is CC(O)c1ccccc1C1(N)CCC1. The Morgan fingerprint density at radius 1 is 1.36 bits per heavy atom. The highest BCUT2D eigenvalue weighted by Crippen LogP contribution is 2.41. The van der Waals surface area contributed by atoms with Gasteiger partial charge in [-0.15, -0.1) is 0 Å². The Morgan fingerprint density at radius 2 is 2.00 bits per heavy atom. The minimum Gasteiger partial charge on any atom is -0.389 e. The van der Waals surface area contributed by atoms with Crippen molar-refractivity contribution in [3.8, 4) is 0 Å². The zero-order valence-corrected chi connectivity index (χ0v) is 8.53. The molecule has 0 spiro atoms. The van der Waals surface area contributed by atoms with Crippen molar-refractivity contribution in [2.24, 2.45) is 5.73 Å². The molecule has 1 aromatic rings. The van der Waals surface area contributed by atoms with Crippen molar-refractivity contribution in [3.63, 3.8) is 0 Å². The number of hydrogen-bond donors (Lipinski definition) is 2. The number of benzene rings is 1. The zero-order chi connectivity index (χ0) is 10.2. The van der Waals surface area contributed by atoms with Crippen LogP contribution in [0.1, 0.15) is 43.4 Å². The quantitative estimate of drug-likeness (QED) is 0.751. The van der Waals surface area contributed by atoms with Crippen LogP contribution in [0.5, 0.6) is 0 Å². The summed E-state index contributed by atoms with van der Waals surface area (Å²) in [5, 5.41) is 9.63. The summed E-state index contributed by atoms with van der Waals surface area (Å²) in [7, 11) is 0. The third-order valence-corrected chi connectivity index (χ3v) is 3.19. The second-order valence-corrected chi connectivity index (χ2v) is 4.27. The normalized spacial score (nSPS) is 21.4. The van der Waals surface area contributed by atoms with Crippen LogP contribution in [0.2, 0.25) is 0 Å². The minimum atomic E-state index is -0.424. The summed E-state index contributed by atoms with van der Waals surface area (Å²) in [5.74, 6) is 0. The van der Waals surface area contributed by atoms with Gasteiger partial charge in [0.25, 0.3) is 0 Å². The third-order valence-electron chi connectivity index (χ3n) is 3.19. The van der Waals surface area contributed by atoms with E-state index in [1.165, 1.54) is 6.42 Å². The smallest absolute Gasteiger partial charge is 0.0765 e. The van der Waals surface area contributed by atoms with Gasteiger partial charge in [0.2, 0.25) is 0 Å². The van der Waals surface area contributed by atoms with Gasteiger partial charge in [-0.05, 0) is 37.3 Å². The van der Waals surface area contributed by atoms with Crippen molar-refractivity contribution in [2.45, 2.75) is 37.8 Å². The molecule has 0 aliphatic heterocycles. The van der Waals surface area contributed by atoms with Gasteiger partial charge in [0.1, 0.15) is 0 Å². The lowest BCUT2D eigenvalue weighted by molar-refractivity contribution is 0.187. The van der Waals surface area contributed by atoms with Crippen LogP contribution in [0, 0.1) is 0 Å². The van der Waals surface area contributed by atoms with Gasteiger partial charge < -0.3 is 10.8 Å². The Kier molecular flexibility index (Phi) is 2.33. The van der Waals surface area contributed by atoms with E-state index in [1.54, 1.807) is 6.92 Å². The van der Waals surface area contributed by atoms with E-state index in [0.717, 1.165) is 24.0 Å². The number of rotatable bonds is 2. The minimum absolute atomic E-state index is 0.173. The fraction of sp³-hybridized carbons (Fsp3) is 0.500. The number of aliphatic hydroxyl groups is 1. The summed E-state index contributed by atoms with van der Waals surface area (Å²) in [6.45, 7) is 1.79. The molecule has 2 nitrogen and oxygen atoms in total. The summed E-state index contributed by atoms with van der Waals surface area (Å²) >= 11 is 0. The number of nitrogens with two attached hydrogens (primary N) is 1. The van der Waals surface area contributed by atoms with Gasteiger partial charge in [-0.1, -0.05) is 24.3 Å². The van der Waals surface area contributed by atoms with E-state index in [1.807, 2.05) is 24.3 Å². The lowest BCUT2D eigenvalue weighted by atomic mass is 9.71. The Morgan fingerprint density at radius 3 is 2.50 bits per heavy atom. The molecule has 14 heavy (non-hydrogen) atoms. The standard InChI is InChI=1S/C12H17NO/c1-9(14)10-5-2-3-6-11(10)12(13)7-4-8-12/h2-3,5-6,9,14H,4,7-8,13H2,1H3. The molecular weight excluding hydrogens is 174 g/mol. The molecule has 2 rings (SSSR count). The van der Waals surface area contributed by atoms with E-state index in [9.17, 15) is 5.11 Å². The molecule has 1 unspecified atom stereocenters. The maximum absolute atomic E-state index is 9.63. The van der Waals surface area contributed by atoms with Crippen LogP contribution >= 0.6 is 0 Å². The van der Waals surface area contributed by atoms with Gasteiger partial charge in [-0.25, -0.2) is 0 Å². The summed E-state index contributed by atoms with van der Waals surface area (Å²) in [5.41, 5.74) is 8.19. The Balaban J connectivity index is 2.41. The lowest BCUT2D eigenvalue weighted by Gasteiger charge is -2.40. The van der Waals surface area contributed by atoms with Crippen LogP contribution < -0.4 is 5.73 Å². The highest BCUT2D eigenvalue weighted by Gasteiger charge is 2.36. The fourth-order valence-corrected chi connectivity index (χ4v) is 2.14. The highest BCUT2D eigenvalue weighted by molar-refractivity contribution is 5.36. The third kappa shape index (κ3) is 1.45. The monoisotopic (exact) mass is 191 g/mol. The Labute approximate surface area is 84.7 Å². The van der Waals surface area contributed by atoms with E-state index >= 15 is 0 Å². The van der Waals surface area contributed by atoms with Gasteiger partial charge in [0, 0.05) is 5.54 Å². The molecule has 1 saturated carbocycles. The van der Waals surface area contributed by atoms with Gasteiger partial charge in [0.05, 0.1) is 6.10 Å². The second-order valence-electron chi connectivity index (χ2n) is 4.27. The Bertz CT molecular complexity index is 329. The van der Waals surface area contributed by atoms with Crippen LogP contribution in [0.4, 0.5) is 0 Å². The van der Waals surface area contributed by atoms with Crippen molar-refractivity contribution in [1.82, 2.24) is 0 Å². The largest absolute Gasteiger partial charge is 0.389 e. The average molecular weight is 191 g/mol. The van der Waals surface area contributed by atoms with E-state index in [-0.39, 0.29) is 5.54 Å². The van der Waals surface area contributed by atoms with E-state index in [2.05, 4.69) is 0 Å². The first-order valence-corrected chi connectivity index (χ1v) is 5.20. The predicted octanol–water partition coefficient (Wildman–Crippen LogP) is 2.08. The number of aliphatic hydroxyl groups excluding tert-OH is 1. The molecule has 2 heteroatoms. The molecule has 0 heterocycles. The molecule has 0 radical (unpaired) electrons. The van der Waals surface area contributed by atoms with Crippen LogP contribution in [-0.4, -0.2) is 5.11 Å². The summed E-state index contributed by atoms with van der Waals surface area (Å²) in [6.07, 6.45) is 2.85. The molecule has 3 N–H and O–H groups in total. The molecule has 0 bridgehead atoms. The first-order valence-electron chi connectivity index (χ1n) is 5.20. The predicted molar refractivity (Wildman–Crippen MR) is 56.8 cm³/mol. The van der Waals surface area contributed by atoms with Crippen LogP contribution in [0.3, 0.4) is 0 Å². The molecule has 0 amide bonds. The second kappa shape index (κ2) is 3.37. The summed E-state index contributed by atoms with van der Waals surface area (Å²) in [4.78, 5) is 0. The van der Waals surface area contributed by atoms with Crippen molar-refractivity contribution in [3.05, 3.63) is 35.4 Å². The molecule has 0 saturated heterocycles. The topological polar surface area (TPSA) is 46.2 Å².